The summed E-state index contributed by atoms with van der Waals surface area (Å²) in [6.45, 7) is 2.98. The molecule has 2 fully saturated rings. The Morgan fingerprint density at radius 2 is 2.11 bits per heavy atom. The van der Waals surface area contributed by atoms with Gasteiger partial charge >= 0.3 is 0 Å². The third-order valence-corrected chi connectivity index (χ3v) is 6.01. The van der Waals surface area contributed by atoms with Crippen molar-refractivity contribution in [2.75, 3.05) is 26.7 Å². The minimum atomic E-state index is -3.51. The smallest absolute Gasteiger partial charge is 0.282 e. The Morgan fingerprint density at radius 3 is 2.67 bits per heavy atom. The maximum absolute atomic E-state index is 13.5. The Hall–Kier alpha value is -0.240. The van der Waals surface area contributed by atoms with Gasteiger partial charge in [-0.05, 0) is 33.2 Å². The molecule has 2 aliphatic heterocycles. The van der Waals surface area contributed by atoms with E-state index >= 15 is 0 Å². The summed E-state index contributed by atoms with van der Waals surface area (Å²) in [4.78, 5) is 0. The Kier molecular flexibility index (Phi) is 4.25. The maximum atomic E-state index is 13.5. The topological polar surface area (TPSA) is 52.7 Å². The number of hydrogen-bond donors (Lipinski definition) is 1. The summed E-state index contributed by atoms with van der Waals surface area (Å²) in [6, 6.07) is -0.230. The van der Waals surface area contributed by atoms with Gasteiger partial charge < -0.3 is 5.32 Å². The molecule has 0 aromatic carbocycles. The lowest BCUT2D eigenvalue weighted by atomic mass is 10.2. The molecule has 2 heterocycles. The van der Waals surface area contributed by atoms with E-state index in [1.807, 2.05) is 6.92 Å². The summed E-state index contributed by atoms with van der Waals surface area (Å²) < 4.78 is 41.4. The first kappa shape index (κ1) is 14.2. The summed E-state index contributed by atoms with van der Waals surface area (Å²) in [5, 5.41) is 2.94. The largest absolute Gasteiger partial charge is 0.318 e. The summed E-state index contributed by atoms with van der Waals surface area (Å²) in [5.74, 6) is 0. The van der Waals surface area contributed by atoms with Gasteiger partial charge in [0.1, 0.15) is 6.17 Å². The van der Waals surface area contributed by atoms with Gasteiger partial charge in [-0.2, -0.15) is 17.0 Å². The van der Waals surface area contributed by atoms with Crippen LogP contribution in [0.1, 0.15) is 26.2 Å². The van der Waals surface area contributed by atoms with Crippen LogP contribution >= 0.6 is 0 Å². The lowest BCUT2D eigenvalue weighted by molar-refractivity contribution is 0.308. The van der Waals surface area contributed by atoms with E-state index in [4.69, 9.17) is 0 Å². The highest BCUT2D eigenvalue weighted by molar-refractivity contribution is 7.86. The number of alkyl halides is 1. The molecule has 3 atom stereocenters. The molecule has 1 N–H and O–H groups in total. The van der Waals surface area contributed by atoms with Crippen LogP contribution in [0.3, 0.4) is 0 Å². The number of rotatable bonds is 4. The van der Waals surface area contributed by atoms with Gasteiger partial charge in [0.15, 0.2) is 0 Å². The molecule has 5 nitrogen and oxygen atoms in total. The predicted molar refractivity (Wildman–Crippen MR) is 68.3 cm³/mol. The van der Waals surface area contributed by atoms with Crippen molar-refractivity contribution in [1.29, 1.82) is 0 Å². The fraction of sp³-hybridized carbons (Fsp3) is 1.00. The standard InChI is InChI=1S/C11H22FN3O2S/c1-9-4-3-5-14(9)18(16,17)15-8-10(12)6-11(15)7-13-2/h9-11,13H,3-8H2,1-2H3/t9?,10-,11-/m0/s1. The number of likely N-dealkylation sites (N-methyl/N-ethyl adjacent to an activating group) is 1. The molecule has 18 heavy (non-hydrogen) atoms. The van der Waals surface area contributed by atoms with Crippen molar-refractivity contribution < 1.29 is 12.8 Å². The van der Waals surface area contributed by atoms with Crippen molar-refractivity contribution in [3.8, 4) is 0 Å². The van der Waals surface area contributed by atoms with Crippen molar-refractivity contribution in [2.24, 2.45) is 0 Å². The lowest BCUT2D eigenvalue weighted by Gasteiger charge is -2.30. The van der Waals surface area contributed by atoms with Crippen LogP contribution in [0.2, 0.25) is 0 Å². The Labute approximate surface area is 109 Å². The van der Waals surface area contributed by atoms with Crippen molar-refractivity contribution in [3.63, 3.8) is 0 Å². The average molecular weight is 279 g/mol. The van der Waals surface area contributed by atoms with E-state index in [0.29, 0.717) is 19.5 Å². The third-order valence-electron chi connectivity index (χ3n) is 3.84. The molecule has 0 bridgehead atoms. The van der Waals surface area contributed by atoms with Crippen LogP contribution in [-0.4, -0.2) is 62.0 Å². The van der Waals surface area contributed by atoms with E-state index in [-0.39, 0.29) is 18.6 Å². The Bertz CT molecular complexity index is 390. The van der Waals surface area contributed by atoms with Crippen LogP contribution in [0.4, 0.5) is 4.39 Å². The SMILES string of the molecule is CNC[C@@H]1C[C@H](F)CN1S(=O)(=O)N1CCCC1C. The van der Waals surface area contributed by atoms with Crippen molar-refractivity contribution in [3.05, 3.63) is 0 Å². The molecule has 7 heteroatoms. The number of nitrogens with zero attached hydrogens (tertiary/aromatic N) is 2. The third kappa shape index (κ3) is 2.54. The summed E-state index contributed by atoms with van der Waals surface area (Å²) in [7, 11) is -1.75. The number of halogens is 1. The number of nitrogens with one attached hydrogen (secondary N) is 1. The minimum absolute atomic E-state index is 0.00208. The molecule has 0 radical (unpaired) electrons. The molecule has 0 spiro atoms. The second kappa shape index (κ2) is 5.40. The first-order valence-electron chi connectivity index (χ1n) is 6.54. The highest BCUT2D eigenvalue weighted by Crippen LogP contribution is 2.29. The molecule has 0 aromatic heterocycles. The summed E-state index contributed by atoms with van der Waals surface area (Å²) in [6.07, 6.45) is 1.03. The molecular weight excluding hydrogens is 257 g/mol. The zero-order valence-corrected chi connectivity index (χ0v) is 11.8. The zero-order chi connectivity index (χ0) is 13.3. The van der Waals surface area contributed by atoms with E-state index in [0.717, 1.165) is 12.8 Å². The van der Waals surface area contributed by atoms with Crippen molar-refractivity contribution >= 4 is 10.2 Å². The van der Waals surface area contributed by atoms with Crippen LogP contribution in [0.5, 0.6) is 0 Å². The maximum Gasteiger partial charge on any atom is 0.282 e. The van der Waals surface area contributed by atoms with Crippen molar-refractivity contribution in [1.82, 2.24) is 13.9 Å². The summed E-state index contributed by atoms with van der Waals surface area (Å²) >= 11 is 0. The molecule has 106 valence electrons. The Balaban J connectivity index is 2.17. The fourth-order valence-corrected chi connectivity index (χ4v) is 5.00. The molecule has 2 saturated heterocycles. The number of hydrogen-bond acceptors (Lipinski definition) is 3. The van der Waals surface area contributed by atoms with Gasteiger partial charge in [0.2, 0.25) is 0 Å². The molecule has 0 aromatic rings. The van der Waals surface area contributed by atoms with Crippen LogP contribution in [0.15, 0.2) is 0 Å². The van der Waals surface area contributed by atoms with E-state index in [9.17, 15) is 12.8 Å². The van der Waals surface area contributed by atoms with Gasteiger partial charge in [-0.25, -0.2) is 4.39 Å². The van der Waals surface area contributed by atoms with Gasteiger partial charge in [-0.15, -0.1) is 0 Å². The molecule has 1 unspecified atom stereocenters. The predicted octanol–water partition coefficient (Wildman–Crippen LogP) is 0.347. The van der Waals surface area contributed by atoms with E-state index in [2.05, 4.69) is 5.32 Å². The minimum Gasteiger partial charge on any atom is -0.318 e. The highest BCUT2D eigenvalue weighted by Gasteiger charge is 2.44. The molecular formula is C11H22FN3O2S. The molecule has 0 aliphatic carbocycles. The zero-order valence-electron chi connectivity index (χ0n) is 11.0. The second-order valence-electron chi connectivity index (χ2n) is 5.22. The monoisotopic (exact) mass is 279 g/mol. The van der Waals surface area contributed by atoms with Crippen molar-refractivity contribution in [2.45, 2.75) is 44.4 Å². The molecule has 2 rings (SSSR count). The van der Waals surface area contributed by atoms with E-state index in [1.165, 1.54) is 8.61 Å². The highest BCUT2D eigenvalue weighted by atomic mass is 32.2. The fourth-order valence-electron chi connectivity index (χ4n) is 2.92. The summed E-state index contributed by atoms with van der Waals surface area (Å²) in [5.41, 5.74) is 0. The van der Waals surface area contributed by atoms with Gasteiger partial charge in [-0.1, -0.05) is 0 Å². The lowest BCUT2D eigenvalue weighted by Crippen LogP contribution is -2.49. The Morgan fingerprint density at radius 1 is 1.39 bits per heavy atom. The van der Waals surface area contributed by atoms with Gasteiger partial charge in [-0.3, -0.25) is 0 Å². The second-order valence-corrected chi connectivity index (χ2v) is 7.06. The molecule has 0 amide bonds. The van der Waals surface area contributed by atoms with Gasteiger partial charge in [0, 0.05) is 31.7 Å². The first-order chi connectivity index (χ1) is 8.46. The normalized spacial score (nSPS) is 35.4. The van der Waals surface area contributed by atoms with Crippen LogP contribution in [0, 0.1) is 0 Å². The molecule has 0 saturated carbocycles. The van der Waals surface area contributed by atoms with Crippen LogP contribution in [-0.2, 0) is 10.2 Å². The van der Waals surface area contributed by atoms with E-state index < -0.39 is 16.4 Å². The first-order valence-corrected chi connectivity index (χ1v) is 7.93. The van der Waals surface area contributed by atoms with Crippen LogP contribution in [0.25, 0.3) is 0 Å². The molecule has 2 aliphatic rings. The quantitative estimate of drug-likeness (QED) is 0.808. The van der Waals surface area contributed by atoms with Crippen LogP contribution < -0.4 is 5.32 Å². The van der Waals surface area contributed by atoms with E-state index in [1.54, 1.807) is 7.05 Å². The average Bonchev–Trinajstić information content (AvgIpc) is 2.86. The van der Waals surface area contributed by atoms with Gasteiger partial charge in [0.05, 0.1) is 0 Å². The van der Waals surface area contributed by atoms with Gasteiger partial charge in [0.25, 0.3) is 10.2 Å².